The van der Waals surface area contributed by atoms with E-state index in [0.29, 0.717) is 5.92 Å². The molecule has 1 fully saturated rings. The average Bonchev–Trinajstić information content (AvgIpc) is 2.47. The van der Waals surface area contributed by atoms with E-state index < -0.39 is 0 Å². The Kier molecular flexibility index (Phi) is 5.35. The number of ether oxygens (including phenoxy) is 1. The molecule has 110 valence electrons. The van der Waals surface area contributed by atoms with Crippen LogP contribution in [0.15, 0.2) is 23.1 Å². The summed E-state index contributed by atoms with van der Waals surface area (Å²) in [7, 11) is 0. The van der Waals surface area contributed by atoms with Crippen LogP contribution < -0.4 is 10.5 Å². The second kappa shape index (κ2) is 7.02. The number of nitrogens with one attached hydrogen (secondary N) is 1. The van der Waals surface area contributed by atoms with Crippen molar-refractivity contribution in [2.75, 3.05) is 6.26 Å². The van der Waals surface area contributed by atoms with Crippen LogP contribution in [0.2, 0.25) is 0 Å². The Morgan fingerprint density at radius 3 is 2.80 bits per heavy atom. The predicted octanol–water partition coefficient (Wildman–Crippen LogP) is 4.04. The Hall–Kier alpha value is -1.16. The van der Waals surface area contributed by atoms with Crippen LogP contribution in [0.1, 0.15) is 44.6 Å². The molecule has 2 atom stereocenters. The quantitative estimate of drug-likeness (QED) is 0.489. The summed E-state index contributed by atoms with van der Waals surface area (Å²) >= 11 is 1.61. The molecule has 4 heteroatoms. The number of nitrogen functional groups attached to an aromatic ring is 1. The molecule has 1 aliphatic rings. The van der Waals surface area contributed by atoms with Crippen LogP contribution in [0.25, 0.3) is 0 Å². The average molecular weight is 292 g/mol. The summed E-state index contributed by atoms with van der Waals surface area (Å²) in [6, 6.07) is 5.92. The first-order chi connectivity index (χ1) is 9.67. The van der Waals surface area contributed by atoms with Gasteiger partial charge in [0.25, 0.3) is 0 Å². The van der Waals surface area contributed by atoms with Crippen LogP contribution in [-0.2, 0) is 0 Å². The van der Waals surface area contributed by atoms with Gasteiger partial charge in [0.2, 0.25) is 0 Å². The highest BCUT2D eigenvalue weighted by atomic mass is 32.2. The third-order valence-electron chi connectivity index (χ3n) is 4.12. The van der Waals surface area contributed by atoms with Crippen molar-refractivity contribution in [1.29, 1.82) is 5.41 Å². The molecular weight excluding hydrogens is 268 g/mol. The molecule has 0 amide bonds. The number of hydrogen-bond donors (Lipinski definition) is 2. The van der Waals surface area contributed by atoms with Crippen LogP contribution in [0.4, 0.5) is 0 Å². The maximum Gasteiger partial charge on any atom is 0.131 e. The molecular formula is C16H24N2OS. The van der Waals surface area contributed by atoms with Gasteiger partial charge >= 0.3 is 0 Å². The summed E-state index contributed by atoms with van der Waals surface area (Å²) in [6.45, 7) is 2.23. The van der Waals surface area contributed by atoms with E-state index in [1.165, 1.54) is 19.3 Å². The highest BCUT2D eigenvalue weighted by Gasteiger charge is 2.26. The van der Waals surface area contributed by atoms with Gasteiger partial charge in [-0.1, -0.05) is 19.4 Å². The molecule has 2 rings (SSSR count). The van der Waals surface area contributed by atoms with Crippen molar-refractivity contribution in [3.63, 3.8) is 0 Å². The minimum Gasteiger partial charge on any atom is -0.489 e. The molecule has 0 aliphatic heterocycles. The molecule has 3 nitrogen and oxygen atoms in total. The van der Waals surface area contributed by atoms with Gasteiger partial charge in [0.05, 0.1) is 5.56 Å². The lowest BCUT2D eigenvalue weighted by atomic mass is 9.84. The fourth-order valence-electron chi connectivity index (χ4n) is 3.00. The van der Waals surface area contributed by atoms with Crippen molar-refractivity contribution < 1.29 is 4.74 Å². The third kappa shape index (κ3) is 3.29. The second-order valence-corrected chi connectivity index (χ2v) is 6.20. The minimum absolute atomic E-state index is 0.0915. The SMILES string of the molecule is CCC1CCCCC1Oc1cccc(SC)c1C(=N)N. The molecule has 1 aromatic rings. The summed E-state index contributed by atoms with van der Waals surface area (Å²) < 4.78 is 6.26. The van der Waals surface area contributed by atoms with Crippen LogP contribution in [-0.4, -0.2) is 18.2 Å². The molecule has 2 unspecified atom stereocenters. The smallest absolute Gasteiger partial charge is 0.131 e. The lowest BCUT2D eigenvalue weighted by molar-refractivity contribution is 0.0899. The molecule has 20 heavy (non-hydrogen) atoms. The molecule has 0 spiro atoms. The highest BCUT2D eigenvalue weighted by molar-refractivity contribution is 7.98. The molecule has 1 aromatic carbocycles. The first kappa shape index (κ1) is 15.2. The fourth-order valence-corrected chi connectivity index (χ4v) is 3.63. The predicted molar refractivity (Wildman–Crippen MR) is 85.9 cm³/mol. The number of nitrogens with two attached hydrogens (primary N) is 1. The topological polar surface area (TPSA) is 59.1 Å². The van der Waals surface area contributed by atoms with E-state index in [2.05, 4.69) is 6.92 Å². The molecule has 1 saturated carbocycles. The van der Waals surface area contributed by atoms with Crippen LogP contribution in [0.5, 0.6) is 5.75 Å². The maximum atomic E-state index is 7.82. The molecule has 0 radical (unpaired) electrons. The van der Waals surface area contributed by atoms with E-state index in [0.717, 1.165) is 29.1 Å². The van der Waals surface area contributed by atoms with E-state index in [-0.39, 0.29) is 11.9 Å². The molecule has 1 aliphatic carbocycles. The van der Waals surface area contributed by atoms with Gasteiger partial charge in [-0.2, -0.15) is 0 Å². The molecule has 3 N–H and O–H groups in total. The normalized spacial score (nSPS) is 22.5. The van der Waals surface area contributed by atoms with Crippen LogP contribution in [0, 0.1) is 11.3 Å². The van der Waals surface area contributed by atoms with Crippen molar-refractivity contribution in [3.8, 4) is 5.75 Å². The van der Waals surface area contributed by atoms with E-state index in [1.54, 1.807) is 11.8 Å². The summed E-state index contributed by atoms with van der Waals surface area (Å²) in [5.41, 5.74) is 6.50. The maximum absolute atomic E-state index is 7.82. The zero-order valence-corrected chi connectivity index (χ0v) is 13.1. The van der Waals surface area contributed by atoms with Gasteiger partial charge in [0.15, 0.2) is 0 Å². The minimum atomic E-state index is 0.0915. The summed E-state index contributed by atoms with van der Waals surface area (Å²) in [5, 5.41) is 7.82. The highest BCUT2D eigenvalue weighted by Crippen LogP contribution is 2.34. The third-order valence-corrected chi connectivity index (χ3v) is 4.90. The Morgan fingerprint density at radius 2 is 2.15 bits per heavy atom. The molecule has 0 heterocycles. The van der Waals surface area contributed by atoms with E-state index in [1.807, 2.05) is 24.5 Å². The van der Waals surface area contributed by atoms with Crippen molar-refractivity contribution in [1.82, 2.24) is 0 Å². The van der Waals surface area contributed by atoms with Crippen LogP contribution in [0.3, 0.4) is 0 Å². The first-order valence-corrected chi connectivity index (χ1v) is 8.57. The molecule has 0 aromatic heterocycles. The molecule has 0 saturated heterocycles. The summed E-state index contributed by atoms with van der Waals surface area (Å²) in [5.74, 6) is 1.49. The summed E-state index contributed by atoms with van der Waals surface area (Å²) in [4.78, 5) is 1.01. The standard InChI is InChI=1S/C16H24N2OS/c1-3-11-7-4-5-8-12(11)19-13-9-6-10-14(20-2)15(13)16(17)18/h6,9-12H,3-5,7-8H2,1-2H3,(H3,17,18). The van der Waals surface area contributed by atoms with Crippen molar-refractivity contribution in [2.24, 2.45) is 11.7 Å². The van der Waals surface area contributed by atoms with Crippen LogP contribution >= 0.6 is 11.8 Å². The van der Waals surface area contributed by atoms with Gasteiger partial charge in [0, 0.05) is 4.90 Å². The zero-order chi connectivity index (χ0) is 14.5. The van der Waals surface area contributed by atoms with Gasteiger partial charge in [-0.3, -0.25) is 5.41 Å². The van der Waals surface area contributed by atoms with Crippen molar-refractivity contribution in [2.45, 2.75) is 50.0 Å². The fraction of sp³-hybridized carbons (Fsp3) is 0.562. The molecule has 0 bridgehead atoms. The van der Waals surface area contributed by atoms with E-state index in [4.69, 9.17) is 15.9 Å². The van der Waals surface area contributed by atoms with Crippen molar-refractivity contribution in [3.05, 3.63) is 23.8 Å². The Bertz CT molecular complexity index is 476. The second-order valence-electron chi connectivity index (χ2n) is 5.36. The number of rotatable bonds is 5. The van der Waals surface area contributed by atoms with Gasteiger partial charge < -0.3 is 10.5 Å². The van der Waals surface area contributed by atoms with Gasteiger partial charge in [-0.05, 0) is 50.0 Å². The Labute approximate surface area is 125 Å². The first-order valence-electron chi connectivity index (χ1n) is 7.35. The lowest BCUT2D eigenvalue weighted by Gasteiger charge is -2.32. The zero-order valence-electron chi connectivity index (χ0n) is 12.3. The number of benzene rings is 1. The van der Waals surface area contributed by atoms with Gasteiger partial charge in [-0.25, -0.2) is 0 Å². The Balaban J connectivity index is 2.26. The monoisotopic (exact) mass is 292 g/mol. The van der Waals surface area contributed by atoms with E-state index >= 15 is 0 Å². The number of hydrogen-bond acceptors (Lipinski definition) is 3. The number of thioether (sulfide) groups is 1. The number of amidine groups is 1. The van der Waals surface area contributed by atoms with Gasteiger partial charge in [0.1, 0.15) is 17.7 Å². The lowest BCUT2D eigenvalue weighted by Crippen LogP contribution is -2.30. The van der Waals surface area contributed by atoms with Gasteiger partial charge in [-0.15, -0.1) is 11.8 Å². The Morgan fingerprint density at radius 1 is 1.40 bits per heavy atom. The van der Waals surface area contributed by atoms with Crippen molar-refractivity contribution >= 4 is 17.6 Å². The largest absolute Gasteiger partial charge is 0.489 e. The van der Waals surface area contributed by atoms with E-state index in [9.17, 15) is 0 Å². The summed E-state index contributed by atoms with van der Waals surface area (Å²) in [6.07, 6.45) is 8.33.